The molecule has 1 saturated carbocycles. The summed E-state index contributed by atoms with van der Waals surface area (Å²) < 4.78 is 0. The first-order chi connectivity index (χ1) is 9.69. The van der Waals surface area contributed by atoms with Gasteiger partial charge in [0, 0.05) is 18.8 Å². The minimum absolute atomic E-state index is 0.158. The summed E-state index contributed by atoms with van der Waals surface area (Å²) >= 11 is 5.96. The van der Waals surface area contributed by atoms with E-state index in [0.717, 1.165) is 18.8 Å². The van der Waals surface area contributed by atoms with Crippen molar-refractivity contribution >= 4 is 17.5 Å². The Morgan fingerprint density at radius 2 is 1.95 bits per heavy atom. The number of nitrogens with one attached hydrogen (secondary N) is 1. The lowest BCUT2D eigenvalue weighted by Crippen LogP contribution is -2.31. The number of benzene rings is 1. The molecule has 1 aromatic rings. The summed E-state index contributed by atoms with van der Waals surface area (Å²) in [5.41, 5.74) is 2.48. The summed E-state index contributed by atoms with van der Waals surface area (Å²) in [6.07, 6.45) is 5.06. The summed E-state index contributed by atoms with van der Waals surface area (Å²) in [4.78, 5) is 11.9. The molecule has 1 N–H and O–H groups in total. The molecule has 2 unspecified atom stereocenters. The Labute approximate surface area is 126 Å². The van der Waals surface area contributed by atoms with Crippen LogP contribution in [-0.4, -0.2) is 18.3 Å². The SMILES string of the molecule is Cc1ccc(CCC(=O)NCC2CCCC2CCl)cc1. The standard InChI is InChI=1S/C17H24ClNO/c1-13-5-7-14(8-6-13)9-10-17(20)19-12-16-4-2-3-15(16)11-18/h5-8,15-16H,2-4,9-12H2,1H3,(H,19,20). The highest BCUT2D eigenvalue weighted by molar-refractivity contribution is 6.18. The maximum absolute atomic E-state index is 11.9. The van der Waals surface area contributed by atoms with Crippen LogP contribution >= 0.6 is 11.6 Å². The lowest BCUT2D eigenvalue weighted by Gasteiger charge is -2.17. The van der Waals surface area contributed by atoms with Crippen LogP contribution in [0.3, 0.4) is 0 Å². The first-order valence-corrected chi connectivity index (χ1v) is 8.10. The molecule has 0 aliphatic heterocycles. The number of rotatable bonds is 6. The Balaban J connectivity index is 1.69. The van der Waals surface area contributed by atoms with E-state index in [2.05, 4.69) is 36.5 Å². The van der Waals surface area contributed by atoms with Crippen molar-refractivity contribution in [3.8, 4) is 0 Å². The molecule has 2 rings (SSSR count). The van der Waals surface area contributed by atoms with Crippen molar-refractivity contribution in [2.45, 2.75) is 39.0 Å². The van der Waals surface area contributed by atoms with Crippen LogP contribution in [0.5, 0.6) is 0 Å². The number of hydrogen-bond acceptors (Lipinski definition) is 1. The van der Waals surface area contributed by atoms with Crippen molar-refractivity contribution in [2.75, 3.05) is 12.4 Å². The number of aryl methyl sites for hydroxylation is 2. The molecule has 0 saturated heterocycles. The van der Waals surface area contributed by atoms with Gasteiger partial charge in [-0.3, -0.25) is 4.79 Å². The van der Waals surface area contributed by atoms with E-state index in [1.54, 1.807) is 0 Å². The van der Waals surface area contributed by atoms with Gasteiger partial charge >= 0.3 is 0 Å². The maximum Gasteiger partial charge on any atom is 0.220 e. The predicted octanol–water partition coefficient (Wildman–Crippen LogP) is 3.70. The number of carbonyl (C=O) groups is 1. The van der Waals surface area contributed by atoms with Crippen LogP contribution in [0.2, 0.25) is 0 Å². The molecule has 0 radical (unpaired) electrons. The van der Waals surface area contributed by atoms with Crippen LogP contribution in [0.4, 0.5) is 0 Å². The highest BCUT2D eigenvalue weighted by atomic mass is 35.5. The van der Waals surface area contributed by atoms with Crippen molar-refractivity contribution in [1.82, 2.24) is 5.32 Å². The zero-order chi connectivity index (χ0) is 14.4. The van der Waals surface area contributed by atoms with Crippen LogP contribution in [-0.2, 0) is 11.2 Å². The monoisotopic (exact) mass is 293 g/mol. The van der Waals surface area contributed by atoms with Crippen molar-refractivity contribution in [2.24, 2.45) is 11.8 Å². The minimum atomic E-state index is 0.158. The van der Waals surface area contributed by atoms with E-state index >= 15 is 0 Å². The summed E-state index contributed by atoms with van der Waals surface area (Å²) in [7, 11) is 0. The van der Waals surface area contributed by atoms with Gasteiger partial charge in [0.2, 0.25) is 5.91 Å². The Kier molecular flexibility index (Phi) is 5.90. The number of carbonyl (C=O) groups excluding carboxylic acids is 1. The van der Waals surface area contributed by atoms with Crippen LogP contribution in [0.15, 0.2) is 24.3 Å². The lowest BCUT2D eigenvalue weighted by molar-refractivity contribution is -0.121. The molecular weight excluding hydrogens is 270 g/mol. The fourth-order valence-corrected chi connectivity index (χ4v) is 3.34. The van der Waals surface area contributed by atoms with Gasteiger partial charge in [-0.05, 0) is 43.6 Å². The molecule has 110 valence electrons. The molecule has 1 aromatic carbocycles. The van der Waals surface area contributed by atoms with E-state index in [9.17, 15) is 4.79 Å². The number of amides is 1. The fourth-order valence-electron chi connectivity index (χ4n) is 2.93. The van der Waals surface area contributed by atoms with E-state index < -0.39 is 0 Å². The molecule has 1 aliphatic carbocycles. The van der Waals surface area contributed by atoms with E-state index in [1.807, 2.05) is 0 Å². The summed E-state index contributed by atoms with van der Waals surface area (Å²) in [6, 6.07) is 8.39. The summed E-state index contributed by atoms with van der Waals surface area (Å²) in [5.74, 6) is 2.06. The molecular formula is C17H24ClNO. The second-order valence-corrected chi connectivity index (χ2v) is 6.20. The normalized spacial score (nSPS) is 21.9. The van der Waals surface area contributed by atoms with Gasteiger partial charge in [0.25, 0.3) is 0 Å². The Bertz CT molecular complexity index is 429. The fraction of sp³-hybridized carbons (Fsp3) is 0.588. The van der Waals surface area contributed by atoms with Gasteiger partial charge in [0.1, 0.15) is 0 Å². The highest BCUT2D eigenvalue weighted by Gasteiger charge is 2.26. The van der Waals surface area contributed by atoms with Gasteiger partial charge < -0.3 is 5.32 Å². The van der Waals surface area contributed by atoms with Crippen molar-refractivity contribution in [3.63, 3.8) is 0 Å². The molecule has 3 heteroatoms. The Morgan fingerprint density at radius 3 is 2.65 bits per heavy atom. The van der Waals surface area contributed by atoms with Gasteiger partial charge in [-0.25, -0.2) is 0 Å². The van der Waals surface area contributed by atoms with Crippen LogP contribution in [0.25, 0.3) is 0 Å². The average Bonchev–Trinajstić information content (AvgIpc) is 2.92. The van der Waals surface area contributed by atoms with E-state index in [0.29, 0.717) is 18.3 Å². The molecule has 0 aromatic heterocycles. The van der Waals surface area contributed by atoms with Gasteiger partial charge in [-0.15, -0.1) is 11.6 Å². The molecule has 2 atom stereocenters. The second kappa shape index (κ2) is 7.68. The molecule has 1 amide bonds. The Morgan fingerprint density at radius 1 is 1.25 bits per heavy atom. The third-order valence-electron chi connectivity index (χ3n) is 4.34. The molecule has 20 heavy (non-hydrogen) atoms. The van der Waals surface area contributed by atoms with Gasteiger partial charge in [0.05, 0.1) is 0 Å². The first kappa shape index (κ1) is 15.4. The number of hydrogen-bond donors (Lipinski definition) is 1. The second-order valence-electron chi connectivity index (χ2n) is 5.90. The zero-order valence-electron chi connectivity index (χ0n) is 12.2. The zero-order valence-corrected chi connectivity index (χ0v) is 13.0. The van der Waals surface area contributed by atoms with Crippen LogP contribution in [0, 0.1) is 18.8 Å². The van der Waals surface area contributed by atoms with E-state index in [4.69, 9.17) is 11.6 Å². The largest absolute Gasteiger partial charge is 0.356 e. The maximum atomic E-state index is 11.9. The average molecular weight is 294 g/mol. The molecule has 1 aliphatic rings. The van der Waals surface area contributed by atoms with E-state index in [1.165, 1.54) is 30.4 Å². The molecule has 2 nitrogen and oxygen atoms in total. The molecule has 0 spiro atoms. The number of halogens is 1. The quantitative estimate of drug-likeness (QED) is 0.796. The minimum Gasteiger partial charge on any atom is -0.356 e. The smallest absolute Gasteiger partial charge is 0.220 e. The predicted molar refractivity (Wildman–Crippen MR) is 84.1 cm³/mol. The van der Waals surface area contributed by atoms with Crippen molar-refractivity contribution in [3.05, 3.63) is 35.4 Å². The van der Waals surface area contributed by atoms with Gasteiger partial charge in [-0.2, -0.15) is 0 Å². The van der Waals surface area contributed by atoms with Gasteiger partial charge in [0.15, 0.2) is 0 Å². The third-order valence-corrected chi connectivity index (χ3v) is 4.73. The third kappa shape index (κ3) is 4.52. The van der Waals surface area contributed by atoms with Gasteiger partial charge in [-0.1, -0.05) is 36.2 Å². The highest BCUT2D eigenvalue weighted by Crippen LogP contribution is 2.31. The topological polar surface area (TPSA) is 29.1 Å². The van der Waals surface area contributed by atoms with Crippen molar-refractivity contribution < 1.29 is 4.79 Å². The summed E-state index contributed by atoms with van der Waals surface area (Å²) in [6.45, 7) is 2.87. The lowest BCUT2D eigenvalue weighted by atomic mass is 9.98. The van der Waals surface area contributed by atoms with Crippen LogP contribution in [0.1, 0.15) is 36.8 Å². The first-order valence-electron chi connectivity index (χ1n) is 7.57. The van der Waals surface area contributed by atoms with Crippen LogP contribution < -0.4 is 5.32 Å². The summed E-state index contributed by atoms with van der Waals surface area (Å²) in [5, 5.41) is 3.07. The molecule has 0 heterocycles. The number of alkyl halides is 1. The van der Waals surface area contributed by atoms with E-state index in [-0.39, 0.29) is 5.91 Å². The molecule has 0 bridgehead atoms. The Hall–Kier alpha value is -1.02. The van der Waals surface area contributed by atoms with Crippen molar-refractivity contribution in [1.29, 1.82) is 0 Å². The molecule has 1 fully saturated rings.